The molecule has 5 heteroatoms. The molecule has 0 amide bonds. The van der Waals surface area contributed by atoms with E-state index < -0.39 is 0 Å². The van der Waals surface area contributed by atoms with Crippen molar-refractivity contribution >= 4 is 28.5 Å². The molecule has 0 unspecified atom stereocenters. The Morgan fingerprint density at radius 3 is 1.80 bits per heavy atom. The summed E-state index contributed by atoms with van der Waals surface area (Å²) in [5.74, 6) is 0. The van der Waals surface area contributed by atoms with Gasteiger partial charge >= 0.3 is 0 Å². The molecule has 57 valence electrons. The molecule has 1 heterocycles. The van der Waals surface area contributed by atoms with Crippen molar-refractivity contribution in [2.24, 2.45) is 0 Å². The number of rotatable bonds is 1. The molecule has 0 aromatic carbocycles. The third-order valence-corrected chi connectivity index (χ3v) is 2.05. The highest BCUT2D eigenvalue weighted by molar-refractivity contribution is 7.34. The maximum atomic E-state index is 5.72. The topological polar surface area (TPSA) is 6.48 Å². The van der Waals surface area contributed by atoms with E-state index in [1.54, 1.807) is 0 Å². The van der Waals surface area contributed by atoms with Crippen molar-refractivity contribution in [2.45, 2.75) is 6.07 Å². The van der Waals surface area contributed by atoms with E-state index in [0.29, 0.717) is 0 Å². The summed E-state index contributed by atoms with van der Waals surface area (Å²) < 4.78 is 0. The molecule has 0 N–H and O–H groups in total. The smallest absolute Gasteiger partial charge is 0.116 e. The summed E-state index contributed by atoms with van der Waals surface area (Å²) in [6.07, 6.45) is 3.89. The Labute approximate surface area is 71.3 Å². The van der Waals surface area contributed by atoms with E-state index in [0.717, 1.165) is 0 Å². The van der Waals surface area contributed by atoms with Crippen LogP contribution in [-0.2, 0) is 0 Å². The number of hydrogen-bond acceptors (Lipinski definition) is 2. The van der Waals surface area contributed by atoms with Gasteiger partial charge in [0, 0.05) is 26.5 Å². The van der Waals surface area contributed by atoms with E-state index in [-0.39, 0.29) is 11.6 Å². The fraction of sp³-hybridized carbons (Fsp3) is 0.600. The first-order valence-electron chi connectivity index (χ1n) is 3.03. The number of nitrogens with zero attached hydrogens (tertiary/aromatic N) is 2. The Morgan fingerprint density at radius 1 is 1.20 bits per heavy atom. The van der Waals surface area contributed by atoms with Crippen LogP contribution in [0.5, 0.6) is 0 Å². The van der Waals surface area contributed by atoms with Gasteiger partial charge in [-0.15, -0.1) is 0 Å². The predicted octanol–water partition coefficient (Wildman–Crippen LogP) is 1.17. The third kappa shape index (κ3) is 1.35. The molecule has 0 aromatic rings. The first-order valence-corrected chi connectivity index (χ1v) is 3.90. The minimum Gasteiger partial charge on any atom is -0.404 e. The van der Waals surface area contributed by atoms with Crippen molar-refractivity contribution in [1.29, 1.82) is 0 Å². The molecule has 10 heavy (non-hydrogen) atoms. The fourth-order valence-electron chi connectivity index (χ4n) is 1.03. The molecule has 0 aromatic heterocycles. The summed E-state index contributed by atoms with van der Waals surface area (Å²) in [6, 6.07) is 0.0864. The van der Waals surface area contributed by atoms with Crippen LogP contribution in [0.15, 0.2) is 12.4 Å². The van der Waals surface area contributed by atoms with Gasteiger partial charge in [-0.1, -0.05) is 0 Å². The summed E-state index contributed by atoms with van der Waals surface area (Å²) in [6.45, 7) is 0. The van der Waals surface area contributed by atoms with Gasteiger partial charge in [0.25, 0.3) is 0 Å². The summed E-state index contributed by atoms with van der Waals surface area (Å²) in [7, 11) is 3.89. The minimum atomic E-state index is -0.370. The summed E-state index contributed by atoms with van der Waals surface area (Å²) in [5, 5.41) is 0. The maximum absolute atomic E-state index is 5.72. The molecule has 0 spiro atoms. The molecule has 0 atom stereocenters. The molecule has 0 aliphatic carbocycles. The van der Waals surface area contributed by atoms with Gasteiger partial charge in [-0.05, 0) is 6.07 Å². The van der Waals surface area contributed by atoms with Gasteiger partial charge in [0.1, 0.15) is 5.54 Å². The Kier molecular flexibility index (Phi) is 2.37. The first-order chi connectivity index (χ1) is 4.63. The molecular formula is C5H9BCl2N2-. The average molecular weight is 179 g/mol. The molecule has 0 bridgehead atoms. The van der Waals surface area contributed by atoms with E-state index in [1.165, 1.54) is 0 Å². The lowest BCUT2D eigenvalue weighted by molar-refractivity contribution is 0.290. The lowest BCUT2D eigenvalue weighted by atomic mass is 10.0. The molecule has 2 nitrogen and oxygen atoms in total. The Bertz CT molecular complexity index is 139. The molecule has 1 rings (SSSR count). The minimum absolute atomic E-state index is 0.0864. The summed E-state index contributed by atoms with van der Waals surface area (Å²) >= 11 is 11.4. The van der Waals surface area contributed by atoms with Gasteiger partial charge in [0.15, 0.2) is 0 Å². The zero-order valence-electron chi connectivity index (χ0n) is 5.96. The first kappa shape index (κ1) is 8.09. The van der Waals surface area contributed by atoms with Crippen molar-refractivity contribution in [3.8, 4) is 0 Å². The van der Waals surface area contributed by atoms with Crippen molar-refractivity contribution in [1.82, 2.24) is 9.80 Å². The van der Waals surface area contributed by atoms with Crippen LogP contribution < -0.4 is 0 Å². The largest absolute Gasteiger partial charge is 0.404 e. The van der Waals surface area contributed by atoms with Crippen LogP contribution in [0.4, 0.5) is 0 Å². The third-order valence-electron chi connectivity index (χ3n) is 1.60. The zero-order chi connectivity index (χ0) is 7.72. The van der Waals surface area contributed by atoms with Gasteiger partial charge in [0.05, 0.1) is 0 Å². The van der Waals surface area contributed by atoms with Crippen LogP contribution in [0.3, 0.4) is 0 Å². The molecular weight excluding hydrogens is 170 g/mol. The highest BCUT2D eigenvalue weighted by atomic mass is 35.5. The molecule has 1 aliphatic heterocycles. The summed E-state index contributed by atoms with van der Waals surface area (Å²) in [4.78, 5) is 3.95. The van der Waals surface area contributed by atoms with Gasteiger partial charge in [-0.25, -0.2) is 0 Å². The maximum Gasteiger partial charge on any atom is 0.116 e. The number of halogens is 2. The van der Waals surface area contributed by atoms with E-state index in [2.05, 4.69) is 0 Å². The van der Waals surface area contributed by atoms with Crippen molar-refractivity contribution in [2.75, 3.05) is 14.1 Å². The van der Waals surface area contributed by atoms with Gasteiger partial charge in [-0.3, -0.25) is 0 Å². The van der Waals surface area contributed by atoms with Gasteiger partial charge in [-0.2, -0.15) is 0 Å². The predicted molar refractivity (Wildman–Crippen MR) is 45.9 cm³/mol. The highest BCUT2D eigenvalue weighted by Gasteiger charge is 2.18. The van der Waals surface area contributed by atoms with E-state index in [1.807, 2.05) is 36.3 Å². The lowest BCUT2D eigenvalue weighted by Gasteiger charge is -2.36. The monoisotopic (exact) mass is 178 g/mol. The summed E-state index contributed by atoms with van der Waals surface area (Å²) in [5.41, 5.74) is -0.370. The quantitative estimate of drug-likeness (QED) is 0.557. The van der Waals surface area contributed by atoms with E-state index in [4.69, 9.17) is 22.9 Å². The Morgan fingerprint density at radius 2 is 1.60 bits per heavy atom. The molecule has 0 saturated heterocycles. The normalized spacial score (nSPS) is 19.7. The van der Waals surface area contributed by atoms with Crippen LogP contribution in [0.1, 0.15) is 0 Å². The second-order valence-corrected chi connectivity index (χ2v) is 3.54. The SMILES string of the molecule is CN1C=CN(C)C1[B-](Cl)Cl. The van der Waals surface area contributed by atoms with Crippen molar-refractivity contribution in [3.05, 3.63) is 12.4 Å². The standard InChI is InChI=1S/C5H9BCl2N2/c1-9-3-4-10(2)5(9)6(7)8/h3-5H,1-2H3/q-1. The fourth-order valence-corrected chi connectivity index (χ4v) is 1.74. The Balaban J connectivity index is 2.60. The van der Waals surface area contributed by atoms with Crippen molar-refractivity contribution in [3.63, 3.8) is 0 Å². The van der Waals surface area contributed by atoms with Crippen LogP contribution in [0.25, 0.3) is 0 Å². The van der Waals surface area contributed by atoms with Crippen molar-refractivity contribution < 1.29 is 0 Å². The zero-order valence-corrected chi connectivity index (χ0v) is 7.47. The van der Waals surface area contributed by atoms with Gasteiger partial charge in [0.2, 0.25) is 0 Å². The highest BCUT2D eigenvalue weighted by Crippen LogP contribution is 2.17. The molecule has 0 saturated carbocycles. The van der Waals surface area contributed by atoms with Crippen LogP contribution in [-0.4, -0.2) is 35.5 Å². The lowest BCUT2D eigenvalue weighted by Crippen LogP contribution is -2.41. The van der Waals surface area contributed by atoms with E-state index >= 15 is 0 Å². The van der Waals surface area contributed by atoms with E-state index in [9.17, 15) is 0 Å². The van der Waals surface area contributed by atoms with Gasteiger partial charge < -0.3 is 32.7 Å². The molecule has 1 aliphatic rings. The van der Waals surface area contributed by atoms with Crippen LogP contribution in [0.2, 0.25) is 0 Å². The molecule has 0 fully saturated rings. The van der Waals surface area contributed by atoms with Crippen LogP contribution in [0, 0.1) is 0 Å². The second kappa shape index (κ2) is 2.93. The number of hydrogen-bond donors (Lipinski definition) is 0. The average Bonchev–Trinajstić information content (AvgIpc) is 2.11. The second-order valence-electron chi connectivity index (χ2n) is 2.38. The Hall–Kier alpha value is -0.0151. The molecule has 1 radical (unpaired) electrons. The van der Waals surface area contributed by atoms with Crippen LogP contribution >= 0.6 is 22.9 Å².